The Morgan fingerprint density at radius 3 is 2.62 bits per heavy atom. The number of hydrogen-bond donors (Lipinski definition) is 0. The Morgan fingerprint density at radius 1 is 1.14 bits per heavy atom. The van der Waals surface area contributed by atoms with Crippen molar-refractivity contribution in [3.05, 3.63) is 54.3 Å². The van der Waals surface area contributed by atoms with E-state index in [4.69, 9.17) is 14.2 Å². The van der Waals surface area contributed by atoms with Gasteiger partial charge < -0.3 is 19.1 Å². The van der Waals surface area contributed by atoms with Gasteiger partial charge in [0.05, 0.1) is 6.61 Å². The van der Waals surface area contributed by atoms with Gasteiger partial charge in [0.2, 0.25) is 0 Å². The summed E-state index contributed by atoms with van der Waals surface area (Å²) in [4.78, 5) is 14.1. The molecular formula is C23H28FNO4. The lowest BCUT2D eigenvalue weighted by Gasteiger charge is -2.34. The molecule has 1 amide bonds. The lowest BCUT2D eigenvalue weighted by Crippen LogP contribution is -2.44. The van der Waals surface area contributed by atoms with Gasteiger partial charge in [-0.2, -0.15) is 0 Å². The van der Waals surface area contributed by atoms with Crippen LogP contribution in [0.1, 0.15) is 33.6 Å². The molecule has 1 atom stereocenters. The van der Waals surface area contributed by atoms with Crippen molar-refractivity contribution in [3.63, 3.8) is 0 Å². The second kappa shape index (κ2) is 9.16. The Morgan fingerprint density at radius 2 is 1.90 bits per heavy atom. The zero-order valence-corrected chi connectivity index (χ0v) is 17.2. The van der Waals surface area contributed by atoms with E-state index in [0.29, 0.717) is 36.9 Å². The summed E-state index contributed by atoms with van der Waals surface area (Å²) in [5, 5.41) is 0. The molecule has 6 heteroatoms. The van der Waals surface area contributed by atoms with Gasteiger partial charge in [-0.3, -0.25) is 0 Å². The first-order chi connectivity index (χ1) is 13.8. The molecule has 1 aliphatic rings. The molecule has 0 spiro atoms. The maximum Gasteiger partial charge on any atom is 0.410 e. The van der Waals surface area contributed by atoms with E-state index in [1.165, 1.54) is 12.1 Å². The highest BCUT2D eigenvalue weighted by atomic mass is 19.1. The number of para-hydroxylation sites is 1. The smallest absolute Gasteiger partial charge is 0.410 e. The zero-order valence-electron chi connectivity index (χ0n) is 17.2. The first kappa shape index (κ1) is 21.0. The average molecular weight is 401 g/mol. The highest BCUT2D eigenvalue weighted by molar-refractivity contribution is 5.68. The summed E-state index contributed by atoms with van der Waals surface area (Å²) >= 11 is 0. The molecule has 0 unspecified atom stereocenters. The van der Waals surface area contributed by atoms with Crippen LogP contribution in [0, 0.1) is 11.7 Å². The van der Waals surface area contributed by atoms with Crippen molar-refractivity contribution < 1.29 is 23.4 Å². The first-order valence-corrected chi connectivity index (χ1v) is 9.93. The summed E-state index contributed by atoms with van der Waals surface area (Å²) in [5.74, 6) is 1.19. The number of ether oxygens (including phenoxy) is 3. The molecular weight excluding hydrogens is 373 g/mol. The number of piperidine rings is 1. The highest BCUT2D eigenvalue weighted by Crippen LogP contribution is 2.33. The first-order valence-electron chi connectivity index (χ1n) is 9.93. The van der Waals surface area contributed by atoms with Crippen LogP contribution in [0.15, 0.2) is 48.5 Å². The molecule has 0 aromatic heterocycles. The van der Waals surface area contributed by atoms with Gasteiger partial charge in [-0.25, -0.2) is 9.18 Å². The van der Waals surface area contributed by atoms with Crippen LogP contribution in [0.4, 0.5) is 9.18 Å². The van der Waals surface area contributed by atoms with E-state index in [9.17, 15) is 9.18 Å². The number of rotatable bonds is 5. The van der Waals surface area contributed by atoms with Crippen molar-refractivity contribution in [1.82, 2.24) is 4.90 Å². The predicted octanol–water partition coefficient (Wildman–Crippen LogP) is 5.64. The quantitative estimate of drug-likeness (QED) is 0.650. The van der Waals surface area contributed by atoms with Crippen molar-refractivity contribution in [1.29, 1.82) is 0 Å². The molecule has 0 bridgehead atoms. The van der Waals surface area contributed by atoms with E-state index < -0.39 is 11.4 Å². The molecule has 1 saturated heterocycles. The number of carbonyl (C=O) groups excluding carboxylic acids is 1. The van der Waals surface area contributed by atoms with Gasteiger partial charge in [-0.1, -0.05) is 18.2 Å². The summed E-state index contributed by atoms with van der Waals surface area (Å²) in [7, 11) is 0. The summed E-state index contributed by atoms with van der Waals surface area (Å²) in [6, 6.07) is 13.4. The Bertz CT molecular complexity index is 819. The number of carbonyl (C=O) groups is 1. The maximum atomic E-state index is 13.7. The third-order valence-electron chi connectivity index (χ3n) is 4.52. The van der Waals surface area contributed by atoms with E-state index in [1.807, 2.05) is 39.0 Å². The minimum Gasteiger partial charge on any atom is -0.489 e. The molecule has 156 valence electrons. The SMILES string of the molecule is CC(C)(C)OC(=O)N1CCC[C@H](COc2ccc(F)cc2Oc2ccccc2)C1. The summed E-state index contributed by atoms with van der Waals surface area (Å²) in [6.07, 6.45) is 1.55. The average Bonchev–Trinajstić information content (AvgIpc) is 2.67. The second-order valence-electron chi connectivity index (χ2n) is 8.25. The van der Waals surface area contributed by atoms with E-state index in [-0.39, 0.29) is 12.0 Å². The molecule has 3 rings (SSSR count). The van der Waals surface area contributed by atoms with Gasteiger partial charge in [-0.05, 0) is 57.9 Å². The van der Waals surface area contributed by atoms with Crippen molar-refractivity contribution in [3.8, 4) is 17.2 Å². The number of halogens is 1. The van der Waals surface area contributed by atoms with E-state index >= 15 is 0 Å². The van der Waals surface area contributed by atoms with Gasteiger partial charge in [0.25, 0.3) is 0 Å². The van der Waals surface area contributed by atoms with Gasteiger partial charge in [-0.15, -0.1) is 0 Å². The van der Waals surface area contributed by atoms with Crippen LogP contribution in [-0.2, 0) is 4.74 Å². The van der Waals surface area contributed by atoms with Crippen LogP contribution in [0.3, 0.4) is 0 Å². The molecule has 0 N–H and O–H groups in total. The maximum absolute atomic E-state index is 13.7. The number of nitrogens with zero attached hydrogens (tertiary/aromatic N) is 1. The molecule has 2 aromatic carbocycles. The Hall–Kier alpha value is -2.76. The number of benzene rings is 2. The third-order valence-corrected chi connectivity index (χ3v) is 4.52. The normalized spacial score (nSPS) is 17.0. The zero-order chi connectivity index (χ0) is 20.9. The minimum atomic E-state index is -0.516. The van der Waals surface area contributed by atoms with Crippen LogP contribution >= 0.6 is 0 Å². The van der Waals surface area contributed by atoms with Crippen LogP contribution in [-0.4, -0.2) is 36.3 Å². The second-order valence-corrected chi connectivity index (χ2v) is 8.25. The summed E-state index contributed by atoms with van der Waals surface area (Å²) < 4.78 is 31.0. The van der Waals surface area contributed by atoms with Crippen LogP contribution in [0.5, 0.6) is 17.2 Å². The monoisotopic (exact) mass is 401 g/mol. The summed E-state index contributed by atoms with van der Waals surface area (Å²) in [5.41, 5.74) is -0.516. The fraction of sp³-hybridized carbons (Fsp3) is 0.435. The van der Waals surface area contributed by atoms with Crippen molar-refractivity contribution in [2.24, 2.45) is 5.92 Å². The topological polar surface area (TPSA) is 48.0 Å². The summed E-state index contributed by atoms with van der Waals surface area (Å²) in [6.45, 7) is 7.25. The lowest BCUT2D eigenvalue weighted by atomic mass is 9.99. The van der Waals surface area contributed by atoms with E-state index in [2.05, 4.69) is 0 Å². The van der Waals surface area contributed by atoms with Crippen molar-refractivity contribution >= 4 is 6.09 Å². The number of amides is 1. The fourth-order valence-corrected chi connectivity index (χ4v) is 3.20. The van der Waals surface area contributed by atoms with Gasteiger partial charge in [0.1, 0.15) is 17.2 Å². The molecule has 5 nitrogen and oxygen atoms in total. The van der Waals surface area contributed by atoms with Crippen LogP contribution in [0.2, 0.25) is 0 Å². The van der Waals surface area contributed by atoms with Gasteiger partial charge in [0, 0.05) is 25.1 Å². The minimum absolute atomic E-state index is 0.172. The molecule has 0 radical (unpaired) electrons. The third kappa shape index (κ3) is 6.38. The molecule has 0 saturated carbocycles. The predicted molar refractivity (Wildman–Crippen MR) is 109 cm³/mol. The molecule has 2 aromatic rings. The molecule has 1 fully saturated rings. The Kier molecular flexibility index (Phi) is 6.62. The van der Waals surface area contributed by atoms with E-state index in [0.717, 1.165) is 12.8 Å². The van der Waals surface area contributed by atoms with Gasteiger partial charge >= 0.3 is 6.09 Å². The Labute approximate surface area is 171 Å². The molecule has 0 aliphatic carbocycles. The number of hydrogen-bond acceptors (Lipinski definition) is 4. The highest BCUT2D eigenvalue weighted by Gasteiger charge is 2.28. The molecule has 1 heterocycles. The Balaban J connectivity index is 1.61. The van der Waals surface area contributed by atoms with Crippen molar-refractivity contribution in [2.75, 3.05) is 19.7 Å². The molecule has 1 aliphatic heterocycles. The largest absolute Gasteiger partial charge is 0.489 e. The standard InChI is InChI=1S/C23H28FNO4/c1-23(2,3)29-22(26)25-13-7-8-17(15-25)16-27-20-12-11-18(24)14-21(20)28-19-9-5-4-6-10-19/h4-6,9-12,14,17H,7-8,13,15-16H2,1-3H3/t17-/m0/s1. The lowest BCUT2D eigenvalue weighted by molar-refractivity contribution is 0.0138. The molecule has 29 heavy (non-hydrogen) atoms. The van der Waals surface area contributed by atoms with Crippen LogP contribution in [0.25, 0.3) is 0 Å². The number of likely N-dealkylation sites (tertiary alicyclic amines) is 1. The van der Waals surface area contributed by atoms with E-state index in [1.54, 1.807) is 23.1 Å². The van der Waals surface area contributed by atoms with Crippen molar-refractivity contribution in [2.45, 2.75) is 39.2 Å². The van der Waals surface area contributed by atoms with Crippen LogP contribution < -0.4 is 9.47 Å². The van der Waals surface area contributed by atoms with Gasteiger partial charge in [0.15, 0.2) is 11.5 Å². The fourth-order valence-electron chi connectivity index (χ4n) is 3.20.